The molecule has 0 amide bonds. The first-order valence-corrected chi connectivity index (χ1v) is 10.4. The molecule has 7 nitrogen and oxygen atoms in total. The summed E-state index contributed by atoms with van der Waals surface area (Å²) >= 11 is 0. The van der Waals surface area contributed by atoms with Crippen LogP contribution in [0.2, 0.25) is 0 Å². The molecule has 1 aromatic heterocycles. The van der Waals surface area contributed by atoms with Crippen LogP contribution in [0.1, 0.15) is 19.3 Å². The minimum absolute atomic E-state index is 0.0611. The lowest BCUT2D eigenvalue weighted by atomic mass is 10.1. The summed E-state index contributed by atoms with van der Waals surface area (Å²) in [6, 6.07) is 5.25. The summed E-state index contributed by atoms with van der Waals surface area (Å²) in [6.07, 6.45) is 5.27. The Morgan fingerprint density at radius 3 is 3.00 bits per heavy atom. The molecule has 8 heteroatoms. The van der Waals surface area contributed by atoms with E-state index in [1.165, 1.54) is 12.8 Å². The molecule has 2 N–H and O–H groups in total. The van der Waals surface area contributed by atoms with Gasteiger partial charge in [0.25, 0.3) is 0 Å². The minimum Gasteiger partial charge on any atom is -0.375 e. The van der Waals surface area contributed by atoms with Gasteiger partial charge >= 0.3 is 0 Å². The zero-order valence-corrected chi connectivity index (χ0v) is 14.7. The molecule has 3 heterocycles. The highest BCUT2D eigenvalue weighted by atomic mass is 32.2. The van der Waals surface area contributed by atoms with Gasteiger partial charge < -0.3 is 9.72 Å². The number of morpholine rings is 1. The van der Waals surface area contributed by atoms with Crippen LogP contribution in [-0.2, 0) is 14.8 Å². The number of aromatic amines is 1. The standard InChI is InChI=1S/C17H22N4O3S/c22-25(23,14-3-4-15-16(6-14)19-10-18-15)20-12-5-13-9-24-17(11-1-2-11)8-21(13)7-12/h3-4,6,10-13,17,20H,1-2,5,7-9H2,(H,18,19)/t12-,13+,17+/m1/s1. The molecule has 0 unspecified atom stereocenters. The fourth-order valence-corrected chi connectivity index (χ4v) is 5.37. The smallest absolute Gasteiger partial charge is 0.240 e. The maximum atomic E-state index is 12.7. The second-order valence-electron chi connectivity index (χ2n) is 7.45. The summed E-state index contributed by atoms with van der Waals surface area (Å²) in [6.45, 7) is 2.43. The topological polar surface area (TPSA) is 87.3 Å². The molecular formula is C17H22N4O3S. The van der Waals surface area contributed by atoms with Gasteiger partial charge in [0, 0.05) is 25.2 Å². The van der Waals surface area contributed by atoms with E-state index in [1.54, 1.807) is 24.5 Å². The average Bonchev–Trinajstić information content (AvgIpc) is 3.20. The summed E-state index contributed by atoms with van der Waals surface area (Å²) in [5.74, 6) is 0.720. The summed E-state index contributed by atoms with van der Waals surface area (Å²) < 4.78 is 34.4. The van der Waals surface area contributed by atoms with Crippen molar-refractivity contribution in [3.05, 3.63) is 24.5 Å². The fourth-order valence-electron chi connectivity index (χ4n) is 4.11. The van der Waals surface area contributed by atoms with Crippen molar-refractivity contribution in [1.82, 2.24) is 19.6 Å². The second-order valence-corrected chi connectivity index (χ2v) is 9.17. The predicted octanol–water partition coefficient (Wildman–Crippen LogP) is 1.09. The molecular weight excluding hydrogens is 340 g/mol. The minimum atomic E-state index is -3.54. The number of benzene rings is 1. The van der Waals surface area contributed by atoms with Crippen LogP contribution >= 0.6 is 0 Å². The number of hydrogen-bond donors (Lipinski definition) is 2. The first kappa shape index (κ1) is 15.7. The monoisotopic (exact) mass is 362 g/mol. The van der Waals surface area contributed by atoms with E-state index in [4.69, 9.17) is 4.74 Å². The van der Waals surface area contributed by atoms with Gasteiger partial charge in [0.15, 0.2) is 0 Å². The highest BCUT2D eigenvalue weighted by Crippen LogP contribution is 2.38. The number of sulfonamides is 1. The van der Waals surface area contributed by atoms with E-state index in [9.17, 15) is 8.42 Å². The Labute approximate surface area is 146 Å². The van der Waals surface area contributed by atoms with Gasteiger partial charge in [-0.05, 0) is 43.4 Å². The third-order valence-electron chi connectivity index (χ3n) is 5.62. The van der Waals surface area contributed by atoms with Gasteiger partial charge in [0.1, 0.15) is 0 Å². The molecule has 25 heavy (non-hydrogen) atoms. The van der Waals surface area contributed by atoms with Gasteiger partial charge in [-0.2, -0.15) is 0 Å². The zero-order chi connectivity index (χ0) is 17.0. The molecule has 3 fully saturated rings. The largest absolute Gasteiger partial charge is 0.375 e. The van der Waals surface area contributed by atoms with Crippen LogP contribution in [0.25, 0.3) is 11.0 Å². The Morgan fingerprint density at radius 2 is 2.16 bits per heavy atom. The van der Waals surface area contributed by atoms with Gasteiger partial charge in [-0.1, -0.05) is 0 Å². The van der Waals surface area contributed by atoms with E-state index in [0.717, 1.165) is 43.1 Å². The molecule has 2 aromatic rings. The number of aromatic nitrogens is 2. The average molecular weight is 362 g/mol. The SMILES string of the molecule is O=S(=O)(N[C@@H]1C[C@H]2CO[C@H](C3CC3)CN2C1)c1ccc2nc[nH]c2c1. The van der Waals surface area contributed by atoms with Crippen molar-refractivity contribution in [2.45, 2.75) is 42.3 Å². The van der Waals surface area contributed by atoms with Crippen LogP contribution in [0.15, 0.2) is 29.4 Å². The molecule has 3 atom stereocenters. The van der Waals surface area contributed by atoms with E-state index in [0.29, 0.717) is 12.1 Å². The number of nitrogens with zero attached hydrogens (tertiary/aromatic N) is 2. The van der Waals surface area contributed by atoms with E-state index in [2.05, 4.69) is 19.6 Å². The Balaban J connectivity index is 1.29. The van der Waals surface area contributed by atoms with E-state index in [1.807, 2.05) is 0 Å². The highest BCUT2D eigenvalue weighted by Gasteiger charge is 2.43. The molecule has 5 rings (SSSR count). The van der Waals surface area contributed by atoms with Crippen molar-refractivity contribution in [3.8, 4) is 0 Å². The van der Waals surface area contributed by atoms with Gasteiger partial charge in [0.2, 0.25) is 10.0 Å². The maximum Gasteiger partial charge on any atom is 0.240 e. The molecule has 2 aliphatic heterocycles. The molecule has 1 aromatic carbocycles. The van der Waals surface area contributed by atoms with Crippen molar-refractivity contribution in [3.63, 3.8) is 0 Å². The molecule has 1 saturated carbocycles. The van der Waals surface area contributed by atoms with E-state index < -0.39 is 10.0 Å². The van der Waals surface area contributed by atoms with Crippen LogP contribution in [0.4, 0.5) is 0 Å². The normalized spacial score (nSPS) is 30.6. The fraction of sp³-hybridized carbons (Fsp3) is 0.588. The zero-order valence-electron chi connectivity index (χ0n) is 13.9. The van der Waals surface area contributed by atoms with Crippen LogP contribution in [0.5, 0.6) is 0 Å². The van der Waals surface area contributed by atoms with Crippen LogP contribution in [0, 0.1) is 5.92 Å². The summed E-state index contributed by atoms with van der Waals surface area (Å²) in [4.78, 5) is 9.77. The number of nitrogens with one attached hydrogen (secondary N) is 2. The first-order chi connectivity index (χ1) is 12.1. The molecule has 2 saturated heterocycles. The summed E-state index contributed by atoms with van der Waals surface area (Å²) in [7, 11) is -3.54. The molecule has 0 radical (unpaired) electrons. The lowest BCUT2D eigenvalue weighted by Crippen LogP contribution is -2.47. The molecule has 0 spiro atoms. The Bertz CT molecular complexity index is 892. The third kappa shape index (κ3) is 2.97. The number of hydrogen-bond acceptors (Lipinski definition) is 5. The van der Waals surface area contributed by atoms with Gasteiger partial charge in [-0.25, -0.2) is 18.1 Å². The Kier molecular flexibility index (Phi) is 3.63. The predicted molar refractivity (Wildman–Crippen MR) is 92.6 cm³/mol. The van der Waals surface area contributed by atoms with Crippen LogP contribution in [-0.4, -0.2) is 61.2 Å². The molecule has 134 valence electrons. The van der Waals surface area contributed by atoms with Crippen LogP contribution < -0.4 is 4.72 Å². The number of imidazole rings is 1. The van der Waals surface area contributed by atoms with Crippen molar-refractivity contribution in [2.24, 2.45) is 5.92 Å². The summed E-state index contributed by atoms with van der Waals surface area (Å²) in [5, 5.41) is 0. The number of ether oxygens (including phenoxy) is 1. The van der Waals surface area contributed by atoms with E-state index >= 15 is 0 Å². The summed E-state index contributed by atoms with van der Waals surface area (Å²) in [5.41, 5.74) is 1.49. The van der Waals surface area contributed by atoms with E-state index in [-0.39, 0.29) is 10.9 Å². The lowest BCUT2D eigenvalue weighted by Gasteiger charge is -2.35. The highest BCUT2D eigenvalue weighted by molar-refractivity contribution is 7.89. The number of fused-ring (bicyclic) bond motifs is 2. The molecule has 3 aliphatic rings. The van der Waals surface area contributed by atoms with Crippen molar-refractivity contribution >= 4 is 21.1 Å². The van der Waals surface area contributed by atoms with Crippen LogP contribution in [0.3, 0.4) is 0 Å². The van der Waals surface area contributed by atoms with Crippen molar-refractivity contribution < 1.29 is 13.2 Å². The number of rotatable bonds is 4. The molecule has 1 aliphatic carbocycles. The van der Waals surface area contributed by atoms with Gasteiger partial charge in [-0.15, -0.1) is 0 Å². The quantitative estimate of drug-likeness (QED) is 0.850. The second kappa shape index (κ2) is 5.77. The third-order valence-corrected chi connectivity index (χ3v) is 7.13. The van der Waals surface area contributed by atoms with Crippen molar-refractivity contribution in [1.29, 1.82) is 0 Å². The van der Waals surface area contributed by atoms with Gasteiger partial charge in [0.05, 0.1) is 35.0 Å². The van der Waals surface area contributed by atoms with Crippen molar-refractivity contribution in [2.75, 3.05) is 19.7 Å². The van der Waals surface area contributed by atoms with Gasteiger partial charge in [-0.3, -0.25) is 4.90 Å². The maximum absolute atomic E-state index is 12.7. The first-order valence-electron chi connectivity index (χ1n) is 8.89. The number of H-pyrrole nitrogens is 1. The lowest BCUT2D eigenvalue weighted by molar-refractivity contribution is -0.0581. The Hall–Kier alpha value is -1.48. The Morgan fingerprint density at radius 1 is 1.28 bits per heavy atom. The molecule has 0 bridgehead atoms.